The molecule has 4 aliphatic heterocycles. The van der Waals surface area contributed by atoms with Crippen molar-refractivity contribution in [3.63, 3.8) is 0 Å². The zero-order valence-electron chi connectivity index (χ0n) is 15.3. The van der Waals surface area contributed by atoms with Gasteiger partial charge in [-0.1, -0.05) is 6.42 Å². The van der Waals surface area contributed by atoms with Crippen LogP contribution in [0.15, 0.2) is 0 Å². The molecule has 5 heteroatoms. The topological polar surface area (TPSA) is 44.8 Å². The summed E-state index contributed by atoms with van der Waals surface area (Å²) in [7, 11) is 0. The molecule has 24 heavy (non-hydrogen) atoms. The fraction of sp³-hybridized carbons (Fsp3) is 0.947. The molecule has 4 heterocycles. The van der Waals surface area contributed by atoms with Crippen molar-refractivity contribution in [3.05, 3.63) is 0 Å². The summed E-state index contributed by atoms with van der Waals surface area (Å²) >= 11 is 0. The van der Waals surface area contributed by atoms with Gasteiger partial charge in [0.05, 0.1) is 18.2 Å². The number of nitrogens with zero attached hydrogens (tertiary/aromatic N) is 2. The van der Waals surface area contributed by atoms with E-state index in [-0.39, 0.29) is 11.5 Å². The highest BCUT2D eigenvalue weighted by atomic mass is 16.5. The lowest BCUT2D eigenvalue weighted by atomic mass is 9.73. The summed E-state index contributed by atoms with van der Waals surface area (Å²) in [5, 5.41) is 3.23. The summed E-state index contributed by atoms with van der Waals surface area (Å²) in [6.07, 6.45) is 6.55. The number of likely N-dealkylation sites (tertiary alicyclic amines) is 2. The van der Waals surface area contributed by atoms with Gasteiger partial charge in [-0.05, 0) is 52.6 Å². The molecule has 0 saturated carbocycles. The van der Waals surface area contributed by atoms with E-state index in [2.05, 4.69) is 29.0 Å². The van der Waals surface area contributed by atoms with Crippen molar-refractivity contribution in [2.75, 3.05) is 39.3 Å². The van der Waals surface area contributed by atoms with Crippen LogP contribution in [0.5, 0.6) is 0 Å². The summed E-state index contributed by atoms with van der Waals surface area (Å²) in [4.78, 5) is 17.2. The maximum Gasteiger partial charge on any atom is 0.234 e. The lowest BCUT2D eigenvalue weighted by molar-refractivity contribution is -0.122. The Morgan fingerprint density at radius 1 is 1.29 bits per heavy atom. The Labute approximate surface area is 146 Å². The van der Waals surface area contributed by atoms with Crippen LogP contribution in [0.1, 0.15) is 46.0 Å². The zero-order chi connectivity index (χ0) is 16.7. The van der Waals surface area contributed by atoms with Gasteiger partial charge in [-0.15, -0.1) is 0 Å². The normalized spacial score (nSPS) is 39.5. The van der Waals surface area contributed by atoms with E-state index in [0.29, 0.717) is 30.5 Å². The highest BCUT2D eigenvalue weighted by Crippen LogP contribution is 2.54. The van der Waals surface area contributed by atoms with Gasteiger partial charge in [-0.25, -0.2) is 0 Å². The number of carbonyl (C=O) groups is 1. The van der Waals surface area contributed by atoms with Gasteiger partial charge in [0.15, 0.2) is 0 Å². The predicted molar refractivity (Wildman–Crippen MR) is 93.8 cm³/mol. The van der Waals surface area contributed by atoms with Crippen LogP contribution >= 0.6 is 0 Å². The number of hydrogen-bond donors (Lipinski definition) is 1. The van der Waals surface area contributed by atoms with E-state index in [0.717, 1.165) is 32.7 Å². The number of fused-ring (bicyclic) bond motifs is 1. The Morgan fingerprint density at radius 3 is 2.83 bits per heavy atom. The van der Waals surface area contributed by atoms with Crippen LogP contribution in [-0.4, -0.2) is 72.7 Å². The first-order valence-corrected chi connectivity index (χ1v) is 9.98. The summed E-state index contributed by atoms with van der Waals surface area (Å²) in [6, 6.07) is 0.585. The SMILES string of the molecule is CC(C)N1C[C@@H]2[C@H](CNC(=O)CN3CCCCC3)[C@H]3CC[C@]2(C1)O3. The molecule has 0 radical (unpaired) electrons. The van der Waals surface area contributed by atoms with Gasteiger partial charge in [-0.2, -0.15) is 0 Å². The van der Waals surface area contributed by atoms with Gasteiger partial charge in [0.2, 0.25) is 5.91 Å². The van der Waals surface area contributed by atoms with Gasteiger partial charge in [0.25, 0.3) is 0 Å². The smallest absolute Gasteiger partial charge is 0.234 e. The fourth-order valence-electron chi connectivity index (χ4n) is 5.50. The zero-order valence-corrected chi connectivity index (χ0v) is 15.3. The van der Waals surface area contributed by atoms with Crippen molar-refractivity contribution in [1.29, 1.82) is 0 Å². The molecule has 0 aliphatic carbocycles. The Bertz CT molecular complexity index is 477. The number of carbonyl (C=O) groups excluding carboxylic acids is 1. The van der Waals surface area contributed by atoms with Crippen molar-refractivity contribution in [1.82, 2.24) is 15.1 Å². The molecule has 5 nitrogen and oxygen atoms in total. The van der Waals surface area contributed by atoms with E-state index in [1.165, 1.54) is 32.1 Å². The maximum atomic E-state index is 12.3. The van der Waals surface area contributed by atoms with Gasteiger partial charge in [0, 0.05) is 37.5 Å². The molecule has 1 spiro atoms. The van der Waals surface area contributed by atoms with Crippen molar-refractivity contribution in [2.45, 2.75) is 63.7 Å². The summed E-state index contributed by atoms with van der Waals surface area (Å²) in [5.74, 6) is 1.31. The Balaban J connectivity index is 1.31. The summed E-state index contributed by atoms with van der Waals surface area (Å²) < 4.78 is 6.46. The first kappa shape index (κ1) is 16.8. The number of hydrogen-bond acceptors (Lipinski definition) is 4. The largest absolute Gasteiger partial charge is 0.370 e. The number of piperidine rings is 1. The van der Waals surface area contributed by atoms with Gasteiger partial charge in [-0.3, -0.25) is 14.6 Å². The molecule has 0 aromatic rings. The maximum absolute atomic E-state index is 12.3. The Hall–Kier alpha value is -0.650. The first-order valence-electron chi connectivity index (χ1n) is 9.98. The van der Waals surface area contributed by atoms with E-state index in [9.17, 15) is 4.79 Å². The average molecular weight is 335 g/mol. The molecule has 4 fully saturated rings. The minimum Gasteiger partial charge on any atom is -0.370 e. The lowest BCUT2D eigenvalue weighted by Gasteiger charge is -2.30. The molecule has 4 rings (SSSR count). The molecule has 1 amide bonds. The van der Waals surface area contributed by atoms with Crippen molar-refractivity contribution in [2.24, 2.45) is 11.8 Å². The van der Waals surface area contributed by atoms with Crippen LogP contribution in [-0.2, 0) is 9.53 Å². The second kappa shape index (κ2) is 6.58. The third-order valence-corrected chi connectivity index (χ3v) is 6.89. The molecule has 4 saturated heterocycles. The number of nitrogens with one attached hydrogen (secondary N) is 1. The van der Waals surface area contributed by atoms with Crippen LogP contribution < -0.4 is 5.32 Å². The Kier molecular flexibility index (Phi) is 4.61. The van der Waals surface area contributed by atoms with Crippen LogP contribution in [0, 0.1) is 11.8 Å². The fourth-order valence-corrected chi connectivity index (χ4v) is 5.50. The second-order valence-electron chi connectivity index (χ2n) is 8.69. The average Bonchev–Trinajstić information content (AvgIpc) is 3.22. The van der Waals surface area contributed by atoms with E-state index < -0.39 is 0 Å². The first-order chi connectivity index (χ1) is 11.6. The molecule has 136 valence electrons. The van der Waals surface area contributed by atoms with Crippen LogP contribution in [0.2, 0.25) is 0 Å². The molecule has 1 N–H and O–H groups in total. The summed E-state index contributed by atoms with van der Waals surface area (Å²) in [6.45, 7) is 10.3. The standard InChI is InChI=1S/C19H33N3O2/c1-14(2)22-11-16-15(17-6-7-19(16,13-22)24-17)10-20-18(23)12-21-8-4-3-5-9-21/h14-17H,3-13H2,1-2H3,(H,20,23)/t15-,16+,17+,19+/m0/s1. The van der Waals surface area contributed by atoms with Crippen LogP contribution in [0.3, 0.4) is 0 Å². The van der Waals surface area contributed by atoms with Gasteiger partial charge >= 0.3 is 0 Å². The molecular weight excluding hydrogens is 302 g/mol. The predicted octanol–water partition coefficient (Wildman–Crippen LogP) is 1.48. The third kappa shape index (κ3) is 2.99. The van der Waals surface area contributed by atoms with E-state index in [1.807, 2.05) is 0 Å². The third-order valence-electron chi connectivity index (χ3n) is 6.89. The van der Waals surface area contributed by atoms with Gasteiger partial charge in [0.1, 0.15) is 0 Å². The minimum absolute atomic E-state index is 0.0944. The van der Waals surface area contributed by atoms with Crippen LogP contribution in [0.25, 0.3) is 0 Å². The highest BCUT2D eigenvalue weighted by molar-refractivity contribution is 5.78. The van der Waals surface area contributed by atoms with E-state index in [4.69, 9.17) is 4.74 Å². The Morgan fingerprint density at radius 2 is 2.08 bits per heavy atom. The summed E-state index contributed by atoms with van der Waals surface area (Å²) in [5.41, 5.74) is 0.0944. The van der Waals surface area contributed by atoms with E-state index >= 15 is 0 Å². The monoisotopic (exact) mass is 335 g/mol. The molecule has 0 aromatic heterocycles. The quantitative estimate of drug-likeness (QED) is 0.826. The molecule has 4 aliphatic rings. The highest BCUT2D eigenvalue weighted by Gasteiger charge is 2.62. The number of ether oxygens (including phenoxy) is 1. The number of rotatable bonds is 5. The van der Waals surface area contributed by atoms with Crippen molar-refractivity contribution < 1.29 is 9.53 Å². The second-order valence-corrected chi connectivity index (χ2v) is 8.69. The molecule has 4 atom stereocenters. The van der Waals surface area contributed by atoms with Crippen molar-refractivity contribution >= 4 is 5.91 Å². The van der Waals surface area contributed by atoms with Gasteiger partial charge < -0.3 is 10.1 Å². The molecule has 0 aromatic carbocycles. The number of amides is 1. The molecule has 2 bridgehead atoms. The lowest BCUT2D eigenvalue weighted by Crippen LogP contribution is -2.45. The molecular formula is C19H33N3O2. The van der Waals surface area contributed by atoms with Crippen LogP contribution in [0.4, 0.5) is 0 Å². The van der Waals surface area contributed by atoms with Crippen molar-refractivity contribution in [3.8, 4) is 0 Å². The minimum atomic E-state index is 0.0944. The molecule has 0 unspecified atom stereocenters. The van der Waals surface area contributed by atoms with E-state index in [1.54, 1.807) is 0 Å².